The van der Waals surface area contributed by atoms with Gasteiger partial charge in [0.05, 0.1) is 5.56 Å². The number of primary amides is 1. The molecule has 0 bridgehead atoms. The van der Waals surface area contributed by atoms with Gasteiger partial charge in [-0.2, -0.15) is 5.26 Å². The van der Waals surface area contributed by atoms with Crippen LogP contribution < -0.4 is 16.2 Å². The van der Waals surface area contributed by atoms with Crippen molar-refractivity contribution in [3.63, 3.8) is 0 Å². The summed E-state index contributed by atoms with van der Waals surface area (Å²) >= 11 is 0. The molecule has 0 aliphatic rings. The summed E-state index contributed by atoms with van der Waals surface area (Å²) in [5.74, 6) is -0.228. The number of nitriles is 1. The fraction of sp³-hybridized carbons (Fsp3) is 0. The van der Waals surface area contributed by atoms with Gasteiger partial charge in [0.15, 0.2) is 5.69 Å². The van der Waals surface area contributed by atoms with E-state index >= 15 is 0 Å². The lowest BCUT2D eigenvalue weighted by Crippen LogP contribution is -2.13. The number of rotatable bonds is 3. The first-order valence-corrected chi connectivity index (χ1v) is 5.21. The Balaban J connectivity index is 2.26. The highest BCUT2D eigenvalue weighted by atomic mass is 16.5. The van der Waals surface area contributed by atoms with Crippen LogP contribution in [0.5, 0.6) is 11.6 Å². The molecule has 0 spiro atoms. The van der Waals surface area contributed by atoms with Crippen molar-refractivity contribution in [3.05, 3.63) is 41.6 Å². The van der Waals surface area contributed by atoms with Crippen molar-refractivity contribution in [3.8, 4) is 17.7 Å². The average molecular weight is 255 g/mol. The summed E-state index contributed by atoms with van der Waals surface area (Å²) in [5.41, 5.74) is 11.4. The molecule has 0 radical (unpaired) electrons. The van der Waals surface area contributed by atoms with Crippen LogP contribution in [0, 0.1) is 11.3 Å². The number of aromatic nitrogens is 2. The van der Waals surface area contributed by atoms with E-state index in [1.165, 1.54) is 18.2 Å². The lowest BCUT2D eigenvalue weighted by molar-refractivity contribution is 0.0994. The van der Waals surface area contributed by atoms with Gasteiger partial charge in [-0.05, 0) is 24.3 Å². The number of anilines is 1. The van der Waals surface area contributed by atoms with E-state index in [0.717, 1.165) is 0 Å². The van der Waals surface area contributed by atoms with Gasteiger partial charge < -0.3 is 16.2 Å². The number of amides is 1. The summed E-state index contributed by atoms with van der Waals surface area (Å²) < 4.78 is 5.39. The molecule has 1 aromatic heterocycles. The highest BCUT2D eigenvalue weighted by molar-refractivity contribution is 5.90. The van der Waals surface area contributed by atoms with Gasteiger partial charge >= 0.3 is 0 Å². The van der Waals surface area contributed by atoms with Crippen LogP contribution in [0.4, 0.5) is 5.69 Å². The third-order valence-corrected chi connectivity index (χ3v) is 2.23. The van der Waals surface area contributed by atoms with Gasteiger partial charge in [-0.25, -0.2) is 0 Å². The molecule has 0 aliphatic carbocycles. The number of hydrogen-bond donors (Lipinski definition) is 2. The lowest BCUT2D eigenvalue weighted by atomic mass is 10.2. The van der Waals surface area contributed by atoms with E-state index in [0.29, 0.717) is 11.4 Å². The fourth-order valence-corrected chi connectivity index (χ4v) is 1.34. The van der Waals surface area contributed by atoms with Crippen molar-refractivity contribution in [2.45, 2.75) is 0 Å². The predicted octanol–water partition coefficient (Wildman–Crippen LogP) is 0.822. The van der Waals surface area contributed by atoms with E-state index in [1.807, 2.05) is 6.07 Å². The van der Waals surface area contributed by atoms with Crippen LogP contribution in [0.2, 0.25) is 0 Å². The van der Waals surface area contributed by atoms with Crippen molar-refractivity contribution in [2.75, 3.05) is 5.73 Å². The third kappa shape index (κ3) is 2.76. The number of benzene rings is 1. The number of nitrogens with zero attached hydrogens (tertiary/aromatic N) is 3. The van der Waals surface area contributed by atoms with Gasteiger partial charge in [0.1, 0.15) is 11.8 Å². The summed E-state index contributed by atoms with van der Waals surface area (Å²) in [6, 6.07) is 9.42. The number of nitrogen functional groups attached to an aromatic ring is 1. The zero-order chi connectivity index (χ0) is 13.8. The summed E-state index contributed by atoms with van der Waals surface area (Å²) in [5, 5.41) is 16.2. The van der Waals surface area contributed by atoms with Crippen LogP contribution in [0.25, 0.3) is 0 Å². The monoisotopic (exact) mass is 255 g/mol. The molecule has 1 amide bonds. The van der Waals surface area contributed by atoms with E-state index in [2.05, 4.69) is 10.2 Å². The maximum atomic E-state index is 10.8. The molecule has 94 valence electrons. The number of carbonyl (C=O) groups excluding carboxylic acids is 1. The molecule has 0 atom stereocenters. The van der Waals surface area contributed by atoms with Crippen molar-refractivity contribution in [1.29, 1.82) is 5.26 Å². The first-order valence-electron chi connectivity index (χ1n) is 5.21. The summed E-state index contributed by atoms with van der Waals surface area (Å²) in [6.07, 6.45) is 0. The topological polar surface area (TPSA) is 128 Å². The van der Waals surface area contributed by atoms with Gasteiger partial charge in [0.2, 0.25) is 5.88 Å². The van der Waals surface area contributed by atoms with Crippen LogP contribution in [0.3, 0.4) is 0 Å². The van der Waals surface area contributed by atoms with Crippen molar-refractivity contribution in [2.24, 2.45) is 5.73 Å². The zero-order valence-corrected chi connectivity index (χ0v) is 9.70. The number of nitrogens with two attached hydrogens (primary N) is 2. The van der Waals surface area contributed by atoms with E-state index in [4.69, 9.17) is 21.5 Å². The summed E-state index contributed by atoms with van der Waals surface area (Å²) in [4.78, 5) is 10.8. The minimum Gasteiger partial charge on any atom is -0.436 e. The first kappa shape index (κ1) is 12.3. The highest BCUT2D eigenvalue weighted by Crippen LogP contribution is 2.24. The standard InChI is InChI=1S/C12H9N5O2/c13-6-7-5-8(14)1-3-10(7)19-11-4-2-9(12(15)18)16-17-11/h1-5H,14H2,(H2,15,18). The quantitative estimate of drug-likeness (QED) is 0.781. The highest BCUT2D eigenvalue weighted by Gasteiger charge is 2.08. The van der Waals surface area contributed by atoms with E-state index in [9.17, 15) is 4.79 Å². The molecule has 7 heteroatoms. The molecule has 0 unspecified atom stereocenters. The molecule has 0 saturated heterocycles. The Hall–Kier alpha value is -3.14. The molecular weight excluding hydrogens is 246 g/mol. The minimum absolute atomic E-state index is 0.0326. The average Bonchev–Trinajstić information content (AvgIpc) is 2.41. The zero-order valence-electron chi connectivity index (χ0n) is 9.70. The summed E-state index contributed by atoms with van der Waals surface area (Å²) in [6.45, 7) is 0. The molecule has 0 fully saturated rings. The van der Waals surface area contributed by atoms with Gasteiger partial charge in [-0.15, -0.1) is 10.2 Å². The lowest BCUT2D eigenvalue weighted by Gasteiger charge is -2.06. The van der Waals surface area contributed by atoms with Crippen molar-refractivity contribution >= 4 is 11.6 Å². The van der Waals surface area contributed by atoms with Gasteiger partial charge in [0, 0.05) is 11.8 Å². The molecule has 2 rings (SSSR count). The largest absolute Gasteiger partial charge is 0.436 e. The Morgan fingerprint density at radius 2 is 2.05 bits per heavy atom. The van der Waals surface area contributed by atoms with Crippen LogP contribution in [-0.4, -0.2) is 16.1 Å². The van der Waals surface area contributed by atoms with Crippen LogP contribution in [0.1, 0.15) is 16.1 Å². The molecular formula is C12H9N5O2. The third-order valence-electron chi connectivity index (χ3n) is 2.23. The molecule has 4 N–H and O–H groups in total. The van der Waals surface area contributed by atoms with E-state index < -0.39 is 5.91 Å². The van der Waals surface area contributed by atoms with E-state index in [-0.39, 0.29) is 17.1 Å². The second-order valence-electron chi connectivity index (χ2n) is 3.59. The maximum Gasteiger partial charge on any atom is 0.269 e. The Morgan fingerprint density at radius 1 is 1.26 bits per heavy atom. The van der Waals surface area contributed by atoms with Crippen molar-refractivity contribution < 1.29 is 9.53 Å². The SMILES string of the molecule is N#Cc1cc(N)ccc1Oc1ccc(C(N)=O)nn1. The van der Waals surface area contributed by atoms with Gasteiger partial charge in [-0.1, -0.05) is 0 Å². The van der Waals surface area contributed by atoms with Crippen LogP contribution in [-0.2, 0) is 0 Å². The molecule has 0 saturated carbocycles. The molecule has 7 nitrogen and oxygen atoms in total. The minimum atomic E-state index is -0.677. The van der Waals surface area contributed by atoms with Gasteiger partial charge in [-0.3, -0.25) is 4.79 Å². The smallest absolute Gasteiger partial charge is 0.269 e. The Labute approximate surface area is 108 Å². The van der Waals surface area contributed by atoms with E-state index in [1.54, 1.807) is 12.1 Å². The Bertz CT molecular complexity index is 661. The molecule has 1 heterocycles. The van der Waals surface area contributed by atoms with Crippen LogP contribution >= 0.6 is 0 Å². The number of carbonyl (C=O) groups is 1. The van der Waals surface area contributed by atoms with Gasteiger partial charge in [0.25, 0.3) is 5.91 Å². The molecule has 19 heavy (non-hydrogen) atoms. The Kier molecular flexibility index (Phi) is 3.25. The molecule has 2 aromatic rings. The Morgan fingerprint density at radius 3 is 2.63 bits per heavy atom. The number of hydrogen-bond acceptors (Lipinski definition) is 6. The van der Waals surface area contributed by atoms with Crippen molar-refractivity contribution in [1.82, 2.24) is 10.2 Å². The second-order valence-corrected chi connectivity index (χ2v) is 3.59. The first-order chi connectivity index (χ1) is 9.10. The second kappa shape index (κ2) is 5.01. The summed E-state index contributed by atoms with van der Waals surface area (Å²) in [7, 11) is 0. The van der Waals surface area contributed by atoms with Crippen LogP contribution in [0.15, 0.2) is 30.3 Å². The molecule has 1 aromatic carbocycles. The number of ether oxygens (including phenoxy) is 1. The maximum absolute atomic E-state index is 10.8. The normalized spacial score (nSPS) is 9.63. The fourth-order valence-electron chi connectivity index (χ4n) is 1.34. The predicted molar refractivity (Wildman–Crippen MR) is 66.2 cm³/mol. The molecule has 0 aliphatic heterocycles.